The monoisotopic (exact) mass is 470 g/mol. The highest BCUT2D eigenvalue weighted by Gasteiger charge is 2.19. The van der Waals surface area contributed by atoms with Gasteiger partial charge in [0.25, 0.3) is 11.6 Å². The van der Waals surface area contributed by atoms with Crippen molar-refractivity contribution in [3.63, 3.8) is 0 Å². The fourth-order valence-corrected chi connectivity index (χ4v) is 4.54. The van der Waals surface area contributed by atoms with Crippen LogP contribution in [0.3, 0.4) is 0 Å². The number of aromatic nitrogens is 2. The molecule has 0 fully saturated rings. The molecule has 164 valence electrons. The lowest BCUT2D eigenvalue weighted by Crippen LogP contribution is -2.34. The van der Waals surface area contributed by atoms with Gasteiger partial charge in [0.1, 0.15) is 0 Å². The molecule has 0 atom stereocenters. The van der Waals surface area contributed by atoms with Crippen LogP contribution < -0.4 is 10.0 Å². The first-order valence-electron chi connectivity index (χ1n) is 9.71. The van der Waals surface area contributed by atoms with Crippen LogP contribution in [0.5, 0.6) is 0 Å². The molecule has 2 aromatic carbocycles. The standard InChI is InChI=1S/C22H19ClN4O4S/c1-14-20-18(13-19(26-22(20)31-27-14)15-6-3-2-4-7-15)21(28)24-10-11-25-32(29,30)17-9-5-8-16(23)12-17/h2-9,12-13,25H,10-11H2,1H3,(H,24,28). The number of nitrogens with zero attached hydrogens (tertiary/aromatic N) is 2. The minimum Gasteiger partial charge on any atom is -0.351 e. The zero-order chi connectivity index (χ0) is 22.7. The molecule has 10 heteroatoms. The Balaban J connectivity index is 1.50. The number of sulfonamides is 1. The van der Waals surface area contributed by atoms with E-state index in [4.69, 9.17) is 16.1 Å². The van der Waals surface area contributed by atoms with Crippen LogP contribution in [0.4, 0.5) is 0 Å². The first-order chi connectivity index (χ1) is 15.3. The number of benzene rings is 2. The number of fused-ring (bicyclic) bond motifs is 1. The lowest BCUT2D eigenvalue weighted by molar-refractivity contribution is 0.0956. The first kappa shape index (κ1) is 21.9. The summed E-state index contributed by atoms with van der Waals surface area (Å²) < 4.78 is 32.5. The van der Waals surface area contributed by atoms with Gasteiger partial charge in [-0.1, -0.05) is 53.2 Å². The van der Waals surface area contributed by atoms with Gasteiger partial charge < -0.3 is 9.84 Å². The maximum Gasteiger partial charge on any atom is 0.259 e. The Labute approximate surface area is 189 Å². The summed E-state index contributed by atoms with van der Waals surface area (Å²) in [6.45, 7) is 1.81. The summed E-state index contributed by atoms with van der Waals surface area (Å²) in [5.74, 6) is -0.386. The third-order valence-electron chi connectivity index (χ3n) is 4.74. The molecule has 4 rings (SSSR count). The van der Waals surface area contributed by atoms with E-state index in [1.165, 1.54) is 12.1 Å². The molecule has 1 amide bonds. The molecule has 32 heavy (non-hydrogen) atoms. The largest absolute Gasteiger partial charge is 0.351 e. The Kier molecular flexibility index (Phi) is 6.22. The number of hydrogen-bond donors (Lipinski definition) is 2. The minimum atomic E-state index is -3.74. The van der Waals surface area contributed by atoms with Gasteiger partial charge in [-0.05, 0) is 31.2 Å². The van der Waals surface area contributed by atoms with Gasteiger partial charge in [0.05, 0.1) is 27.2 Å². The van der Waals surface area contributed by atoms with Gasteiger partial charge in [-0.2, -0.15) is 0 Å². The van der Waals surface area contributed by atoms with Gasteiger partial charge in [0.2, 0.25) is 10.0 Å². The lowest BCUT2D eigenvalue weighted by atomic mass is 10.1. The number of nitrogens with one attached hydrogen (secondary N) is 2. The lowest BCUT2D eigenvalue weighted by Gasteiger charge is -2.10. The van der Waals surface area contributed by atoms with Crippen LogP contribution in [0.2, 0.25) is 5.02 Å². The van der Waals surface area contributed by atoms with Crippen molar-refractivity contribution in [2.24, 2.45) is 0 Å². The molecule has 0 unspecified atom stereocenters. The van der Waals surface area contributed by atoms with Crippen molar-refractivity contribution in [2.45, 2.75) is 11.8 Å². The predicted molar refractivity (Wildman–Crippen MR) is 121 cm³/mol. The van der Waals surface area contributed by atoms with E-state index in [-0.39, 0.29) is 29.6 Å². The number of aryl methyl sites for hydroxylation is 1. The van der Waals surface area contributed by atoms with E-state index in [1.54, 1.807) is 25.1 Å². The van der Waals surface area contributed by atoms with Crippen molar-refractivity contribution in [3.8, 4) is 11.3 Å². The molecule has 0 saturated carbocycles. The van der Waals surface area contributed by atoms with Crippen LogP contribution in [0.1, 0.15) is 16.1 Å². The van der Waals surface area contributed by atoms with Gasteiger partial charge in [-0.25, -0.2) is 18.1 Å². The molecule has 2 heterocycles. The van der Waals surface area contributed by atoms with E-state index in [0.29, 0.717) is 27.4 Å². The Hall–Kier alpha value is -3.27. The molecule has 0 spiro atoms. The number of hydrogen-bond acceptors (Lipinski definition) is 6. The van der Waals surface area contributed by atoms with Crippen molar-refractivity contribution in [1.82, 2.24) is 20.2 Å². The molecular weight excluding hydrogens is 452 g/mol. The van der Waals surface area contributed by atoms with Crippen LogP contribution in [0.15, 0.2) is 70.1 Å². The highest BCUT2D eigenvalue weighted by atomic mass is 35.5. The number of carbonyl (C=O) groups excluding carboxylic acids is 1. The number of amides is 1. The second kappa shape index (κ2) is 9.07. The zero-order valence-electron chi connectivity index (χ0n) is 17.0. The third-order valence-corrected chi connectivity index (χ3v) is 6.43. The molecule has 2 aromatic heterocycles. The average molecular weight is 471 g/mol. The van der Waals surface area contributed by atoms with Gasteiger partial charge in [0, 0.05) is 23.7 Å². The van der Waals surface area contributed by atoms with Crippen LogP contribution >= 0.6 is 11.6 Å². The maximum absolute atomic E-state index is 12.9. The second-order valence-corrected chi connectivity index (χ2v) is 9.18. The van der Waals surface area contributed by atoms with E-state index >= 15 is 0 Å². The molecule has 0 saturated heterocycles. The normalized spacial score (nSPS) is 11.6. The van der Waals surface area contributed by atoms with Crippen molar-refractivity contribution >= 4 is 38.6 Å². The smallest absolute Gasteiger partial charge is 0.259 e. The molecule has 0 aliphatic rings. The number of pyridine rings is 1. The SMILES string of the molecule is Cc1noc2nc(-c3ccccc3)cc(C(=O)NCCNS(=O)(=O)c3cccc(Cl)c3)c12. The van der Waals surface area contributed by atoms with Crippen LogP contribution in [-0.2, 0) is 10.0 Å². The fraction of sp³-hybridized carbons (Fsp3) is 0.136. The highest BCUT2D eigenvalue weighted by molar-refractivity contribution is 7.89. The number of carbonyl (C=O) groups is 1. The summed E-state index contributed by atoms with van der Waals surface area (Å²) in [6, 6.07) is 17.0. The van der Waals surface area contributed by atoms with E-state index < -0.39 is 10.0 Å². The van der Waals surface area contributed by atoms with Crippen LogP contribution in [0, 0.1) is 6.92 Å². The van der Waals surface area contributed by atoms with Gasteiger partial charge in [-0.3, -0.25) is 4.79 Å². The molecule has 4 aromatic rings. The van der Waals surface area contributed by atoms with Crippen molar-refractivity contribution < 1.29 is 17.7 Å². The molecule has 0 bridgehead atoms. The van der Waals surface area contributed by atoms with E-state index in [9.17, 15) is 13.2 Å². The molecule has 0 aliphatic heterocycles. The van der Waals surface area contributed by atoms with Crippen molar-refractivity contribution in [1.29, 1.82) is 0 Å². The Morgan fingerprint density at radius 2 is 1.84 bits per heavy atom. The Morgan fingerprint density at radius 1 is 1.06 bits per heavy atom. The summed E-state index contributed by atoms with van der Waals surface area (Å²) in [5.41, 5.74) is 2.55. The molecule has 2 N–H and O–H groups in total. The van der Waals surface area contributed by atoms with E-state index in [2.05, 4.69) is 20.2 Å². The van der Waals surface area contributed by atoms with Crippen molar-refractivity contribution in [3.05, 3.63) is 76.9 Å². The third kappa shape index (κ3) is 4.64. The van der Waals surface area contributed by atoms with Crippen LogP contribution in [0.25, 0.3) is 22.4 Å². The van der Waals surface area contributed by atoms with E-state index in [1.807, 2.05) is 30.3 Å². The zero-order valence-corrected chi connectivity index (χ0v) is 18.6. The summed E-state index contributed by atoms with van der Waals surface area (Å²) in [7, 11) is -3.74. The van der Waals surface area contributed by atoms with Crippen LogP contribution in [-0.4, -0.2) is 37.6 Å². The number of halogens is 1. The van der Waals surface area contributed by atoms with E-state index in [0.717, 1.165) is 5.56 Å². The average Bonchev–Trinajstić information content (AvgIpc) is 3.17. The predicted octanol–water partition coefficient (Wildman–Crippen LogP) is 3.56. The minimum absolute atomic E-state index is 0.00295. The quantitative estimate of drug-likeness (QED) is 0.399. The second-order valence-electron chi connectivity index (χ2n) is 6.98. The Morgan fingerprint density at radius 3 is 2.59 bits per heavy atom. The molecule has 0 aliphatic carbocycles. The topological polar surface area (TPSA) is 114 Å². The first-order valence-corrected chi connectivity index (χ1v) is 11.6. The molecule has 8 nitrogen and oxygen atoms in total. The summed E-state index contributed by atoms with van der Waals surface area (Å²) in [4.78, 5) is 17.5. The fourth-order valence-electron chi connectivity index (χ4n) is 3.20. The van der Waals surface area contributed by atoms with Crippen molar-refractivity contribution in [2.75, 3.05) is 13.1 Å². The molecule has 0 radical (unpaired) electrons. The summed E-state index contributed by atoms with van der Waals surface area (Å²) in [6.07, 6.45) is 0. The highest BCUT2D eigenvalue weighted by Crippen LogP contribution is 2.26. The van der Waals surface area contributed by atoms with Gasteiger partial charge >= 0.3 is 0 Å². The summed E-state index contributed by atoms with van der Waals surface area (Å²) >= 11 is 5.86. The molecular formula is C22H19ClN4O4S. The number of rotatable bonds is 7. The maximum atomic E-state index is 12.9. The van der Waals surface area contributed by atoms with Gasteiger partial charge in [0.15, 0.2) is 0 Å². The Bertz CT molecular complexity index is 1390. The summed E-state index contributed by atoms with van der Waals surface area (Å²) in [5, 5.41) is 7.49. The van der Waals surface area contributed by atoms with Gasteiger partial charge in [-0.15, -0.1) is 0 Å².